The fraction of sp³-hybridized carbons (Fsp3) is 0.185. The molecule has 0 spiro atoms. The smallest absolute Gasteiger partial charge is 0.497 e. The summed E-state index contributed by atoms with van der Waals surface area (Å²) in [7, 11) is 1.59. The minimum atomic E-state index is -4.76. The van der Waals surface area contributed by atoms with Gasteiger partial charge in [0.05, 0.1) is 13.7 Å². The molecule has 6 nitrogen and oxygen atoms in total. The van der Waals surface area contributed by atoms with Crippen LogP contribution in [0.25, 0.3) is 10.8 Å². The van der Waals surface area contributed by atoms with Crippen molar-refractivity contribution < 1.29 is 27.4 Å². The van der Waals surface area contributed by atoms with Crippen molar-refractivity contribution in [3.63, 3.8) is 0 Å². The molecule has 0 fully saturated rings. The summed E-state index contributed by atoms with van der Waals surface area (Å²) in [4.78, 5) is 25.6. The van der Waals surface area contributed by atoms with Gasteiger partial charge in [0.2, 0.25) is 5.91 Å². The zero-order chi connectivity index (χ0) is 25.7. The average Bonchev–Trinajstić information content (AvgIpc) is 2.85. The van der Waals surface area contributed by atoms with Crippen LogP contribution in [0.4, 0.5) is 18.9 Å². The van der Waals surface area contributed by atoms with E-state index < -0.39 is 6.36 Å². The van der Waals surface area contributed by atoms with E-state index in [0.717, 1.165) is 11.3 Å². The molecule has 0 radical (unpaired) electrons. The molecule has 0 bridgehead atoms. The van der Waals surface area contributed by atoms with Crippen LogP contribution in [-0.4, -0.2) is 23.9 Å². The predicted molar refractivity (Wildman–Crippen MR) is 130 cm³/mol. The number of halogens is 3. The number of ether oxygens (including phenoxy) is 2. The molecule has 9 heteroatoms. The van der Waals surface area contributed by atoms with Gasteiger partial charge in [-0.1, -0.05) is 30.3 Å². The lowest BCUT2D eigenvalue weighted by Gasteiger charge is -2.12. The highest BCUT2D eigenvalue weighted by atomic mass is 19.4. The predicted octanol–water partition coefficient (Wildman–Crippen LogP) is 5.53. The van der Waals surface area contributed by atoms with E-state index in [4.69, 9.17) is 4.74 Å². The van der Waals surface area contributed by atoms with Crippen molar-refractivity contribution in [2.75, 3.05) is 12.4 Å². The third kappa shape index (κ3) is 6.24. The summed E-state index contributed by atoms with van der Waals surface area (Å²) in [6.07, 6.45) is -2.34. The molecule has 1 heterocycles. The van der Waals surface area contributed by atoms with Gasteiger partial charge < -0.3 is 19.4 Å². The first kappa shape index (κ1) is 24.8. The second kappa shape index (κ2) is 10.6. The first-order valence-corrected chi connectivity index (χ1v) is 11.1. The van der Waals surface area contributed by atoms with Crippen LogP contribution < -0.4 is 20.3 Å². The summed E-state index contributed by atoms with van der Waals surface area (Å²) in [6, 6.07) is 19.7. The number of amides is 1. The number of nitrogens with zero attached hydrogens (tertiary/aromatic N) is 1. The van der Waals surface area contributed by atoms with E-state index in [9.17, 15) is 22.8 Å². The number of aromatic nitrogens is 1. The number of carbonyl (C=O) groups excluding carboxylic acids is 1. The number of alkyl halides is 3. The van der Waals surface area contributed by atoms with Crippen molar-refractivity contribution in [3.8, 4) is 11.5 Å². The molecule has 1 aromatic heterocycles. The van der Waals surface area contributed by atoms with Crippen LogP contribution in [-0.2, 0) is 17.8 Å². The molecule has 0 unspecified atom stereocenters. The Labute approximate surface area is 204 Å². The zero-order valence-corrected chi connectivity index (χ0v) is 19.3. The van der Waals surface area contributed by atoms with Gasteiger partial charge in [0.25, 0.3) is 5.56 Å². The molecule has 4 aromatic rings. The number of benzene rings is 3. The minimum Gasteiger partial charge on any atom is -0.497 e. The van der Waals surface area contributed by atoms with Gasteiger partial charge in [-0.25, -0.2) is 0 Å². The van der Waals surface area contributed by atoms with Gasteiger partial charge in [-0.3, -0.25) is 9.59 Å². The quantitative estimate of drug-likeness (QED) is 0.348. The van der Waals surface area contributed by atoms with Crippen molar-refractivity contribution in [2.45, 2.75) is 25.7 Å². The third-order valence-corrected chi connectivity index (χ3v) is 5.60. The fourth-order valence-electron chi connectivity index (χ4n) is 3.81. The van der Waals surface area contributed by atoms with Gasteiger partial charge in [-0.05, 0) is 60.0 Å². The van der Waals surface area contributed by atoms with Gasteiger partial charge >= 0.3 is 6.36 Å². The second-order valence-electron chi connectivity index (χ2n) is 8.10. The maximum Gasteiger partial charge on any atom is 0.573 e. The summed E-state index contributed by atoms with van der Waals surface area (Å²) in [5.74, 6) is 0.241. The maximum atomic E-state index is 13.1. The second-order valence-corrected chi connectivity index (χ2v) is 8.10. The van der Waals surface area contributed by atoms with Crippen LogP contribution in [0.3, 0.4) is 0 Å². The van der Waals surface area contributed by atoms with E-state index in [0.29, 0.717) is 28.4 Å². The molecule has 0 atom stereocenters. The lowest BCUT2D eigenvalue weighted by Crippen LogP contribution is -2.21. The first-order chi connectivity index (χ1) is 17.2. The number of hydrogen-bond donors (Lipinski definition) is 1. The number of fused-ring (bicyclic) bond motifs is 1. The number of aryl methyl sites for hydroxylation is 1. The number of hydrogen-bond acceptors (Lipinski definition) is 4. The number of rotatable bonds is 8. The Morgan fingerprint density at radius 2 is 1.56 bits per heavy atom. The highest BCUT2D eigenvalue weighted by Gasteiger charge is 2.30. The minimum absolute atomic E-state index is 0.166. The van der Waals surface area contributed by atoms with Crippen molar-refractivity contribution >= 4 is 22.4 Å². The zero-order valence-electron chi connectivity index (χ0n) is 19.3. The van der Waals surface area contributed by atoms with Gasteiger partial charge in [0, 0.05) is 29.1 Å². The van der Waals surface area contributed by atoms with Crippen molar-refractivity contribution in [3.05, 3.63) is 100 Å². The van der Waals surface area contributed by atoms with Gasteiger partial charge in [0.15, 0.2) is 0 Å². The molecule has 0 aliphatic heterocycles. The fourth-order valence-corrected chi connectivity index (χ4v) is 3.81. The largest absolute Gasteiger partial charge is 0.573 e. The van der Waals surface area contributed by atoms with Gasteiger partial charge in [0.1, 0.15) is 11.5 Å². The number of anilines is 1. The molecule has 1 N–H and O–H groups in total. The van der Waals surface area contributed by atoms with Gasteiger partial charge in [-0.2, -0.15) is 0 Å². The van der Waals surface area contributed by atoms with Crippen LogP contribution in [0, 0.1) is 0 Å². The number of methoxy groups -OCH3 is 1. The molecular formula is C27H23F3N2O4. The summed E-state index contributed by atoms with van der Waals surface area (Å²) in [5.41, 5.74) is 1.89. The molecule has 3 aromatic carbocycles. The van der Waals surface area contributed by atoms with Crippen molar-refractivity contribution in [1.29, 1.82) is 0 Å². The van der Waals surface area contributed by atoms with Gasteiger partial charge in [-0.15, -0.1) is 13.2 Å². The topological polar surface area (TPSA) is 69.6 Å². The summed E-state index contributed by atoms with van der Waals surface area (Å²) < 4.78 is 47.5. The van der Waals surface area contributed by atoms with Crippen LogP contribution in [0.2, 0.25) is 0 Å². The molecule has 0 aliphatic carbocycles. The highest BCUT2D eigenvalue weighted by molar-refractivity contribution is 6.01. The molecule has 0 saturated heterocycles. The molecular weight excluding hydrogens is 473 g/mol. The Kier molecular flexibility index (Phi) is 7.28. The van der Waals surface area contributed by atoms with E-state index in [2.05, 4.69) is 10.1 Å². The maximum absolute atomic E-state index is 13.1. The van der Waals surface area contributed by atoms with E-state index >= 15 is 0 Å². The number of nitrogens with one attached hydrogen (secondary N) is 1. The van der Waals surface area contributed by atoms with E-state index in [1.807, 2.05) is 24.3 Å². The Bertz CT molecular complexity index is 1410. The Morgan fingerprint density at radius 1 is 0.889 bits per heavy atom. The van der Waals surface area contributed by atoms with Crippen molar-refractivity contribution in [2.24, 2.45) is 0 Å². The first-order valence-electron chi connectivity index (χ1n) is 11.1. The van der Waals surface area contributed by atoms with Crippen LogP contribution >= 0.6 is 0 Å². The van der Waals surface area contributed by atoms with E-state index in [1.165, 1.54) is 28.8 Å². The lowest BCUT2D eigenvalue weighted by atomic mass is 10.1. The number of carbonyl (C=O) groups is 1. The van der Waals surface area contributed by atoms with E-state index in [-0.39, 0.29) is 30.2 Å². The standard InChI is InChI=1S/C27H23F3N2O4/c1-35-20-10-5-18(6-11-20)9-14-25(33)31-24-4-2-3-23-22(24)15-16-32(26(23)34)17-19-7-12-21(13-8-19)36-27(28,29)30/h2-8,10-13,15-16H,9,14,17H2,1H3,(H,31,33). The molecule has 1 amide bonds. The number of pyridine rings is 1. The third-order valence-electron chi connectivity index (χ3n) is 5.60. The summed E-state index contributed by atoms with van der Waals surface area (Å²) in [5, 5.41) is 3.90. The Hall–Kier alpha value is -4.27. The van der Waals surface area contributed by atoms with Crippen LogP contribution in [0.5, 0.6) is 11.5 Å². The SMILES string of the molecule is COc1ccc(CCC(=O)Nc2cccc3c(=O)n(Cc4ccc(OC(F)(F)F)cc4)ccc23)cc1. The lowest BCUT2D eigenvalue weighted by molar-refractivity contribution is -0.274. The Balaban J connectivity index is 1.45. The molecule has 0 aliphatic rings. The van der Waals surface area contributed by atoms with E-state index in [1.54, 1.807) is 37.6 Å². The Morgan fingerprint density at radius 3 is 2.22 bits per heavy atom. The average molecular weight is 496 g/mol. The van der Waals surface area contributed by atoms with Crippen LogP contribution in [0.1, 0.15) is 17.5 Å². The summed E-state index contributed by atoms with van der Waals surface area (Å²) in [6.45, 7) is 0.166. The summed E-state index contributed by atoms with van der Waals surface area (Å²) >= 11 is 0. The molecule has 0 saturated carbocycles. The van der Waals surface area contributed by atoms with Crippen molar-refractivity contribution in [1.82, 2.24) is 4.57 Å². The monoisotopic (exact) mass is 496 g/mol. The molecule has 36 heavy (non-hydrogen) atoms. The highest BCUT2D eigenvalue weighted by Crippen LogP contribution is 2.24. The normalized spacial score (nSPS) is 11.3. The molecule has 186 valence electrons. The molecule has 4 rings (SSSR count). The van der Waals surface area contributed by atoms with Crippen LogP contribution in [0.15, 0.2) is 83.8 Å².